The molecule has 0 bridgehead atoms. The summed E-state index contributed by atoms with van der Waals surface area (Å²) >= 11 is 0. The number of aromatic amines is 1. The van der Waals surface area contributed by atoms with Gasteiger partial charge in [0.25, 0.3) is 10.0 Å². The quantitative estimate of drug-likeness (QED) is 0.597. The fraction of sp³-hybridized carbons (Fsp3) is 0.0556. The van der Waals surface area contributed by atoms with E-state index in [4.69, 9.17) is 0 Å². The Labute approximate surface area is 139 Å². The number of para-hydroxylation sites is 1. The van der Waals surface area contributed by atoms with Gasteiger partial charge in [-0.15, -0.1) is 0 Å². The number of nitrogens with one attached hydrogen (secondary N) is 2. The maximum absolute atomic E-state index is 12.8. The Kier molecular flexibility index (Phi) is 3.28. The second-order valence-corrected chi connectivity index (χ2v) is 7.38. The van der Waals surface area contributed by atoms with Crippen molar-refractivity contribution >= 4 is 37.5 Å². The van der Waals surface area contributed by atoms with Crippen molar-refractivity contribution < 1.29 is 8.42 Å². The molecular formula is C18H15N3O2S. The summed E-state index contributed by atoms with van der Waals surface area (Å²) in [5.41, 5.74) is 2.94. The van der Waals surface area contributed by atoms with Crippen LogP contribution in [0.5, 0.6) is 0 Å². The van der Waals surface area contributed by atoms with E-state index in [2.05, 4.69) is 14.7 Å². The van der Waals surface area contributed by atoms with Crippen LogP contribution in [0.1, 0.15) is 5.56 Å². The maximum atomic E-state index is 12.8. The van der Waals surface area contributed by atoms with Crippen molar-refractivity contribution in [3.63, 3.8) is 0 Å². The predicted molar refractivity (Wildman–Crippen MR) is 95.6 cm³/mol. The summed E-state index contributed by atoms with van der Waals surface area (Å²) in [6, 6.07) is 14.4. The number of aromatic nitrogens is 2. The highest BCUT2D eigenvalue weighted by Gasteiger charge is 2.18. The molecule has 0 aliphatic rings. The van der Waals surface area contributed by atoms with Crippen LogP contribution in [0.3, 0.4) is 0 Å². The highest BCUT2D eigenvalue weighted by Crippen LogP contribution is 2.25. The van der Waals surface area contributed by atoms with E-state index in [0.29, 0.717) is 11.2 Å². The van der Waals surface area contributed by atoms with Crippen LogP contribution in [0.15, 0.2) is 65.8 Å². The van der Waals surface area contributed by atoms with E-state index < -0.39 is 10.0 Å². The average molecular weight is 337 g/mol. The van der Waals surface area contributed by atoms with Gasteiger partial charge in [-0.3, -0.25) is 9.71 Å². The lowest BCUT2D eigenvalue weighted by Crippen LogP contribution is -2.13. The summed E-state index contributed by atoms with van der Waals surface area (Å²) in [7, 11) is -3.73. The monoisotopic (exact) mass is 337 g/mol. The van der Waals surface area contributed by atoms with Crippen LogP contribution in [0.2, 0.25) is 0 Å². The number of hydrogen-bond acceptors (Lipinski definition) is 3. The van der Waals surface area contributed by atoms with Gasteiger partial charge in [0.1, 0.15) is 4.90 Å². The van der Waals surface area contributed by atoms with Crippen molar-refractivity contribution in [2.75, 3.05) is 4.72 Å². The van der Waals surface area contributed by atoms with Gasteiger partial charge in [0.2, 0.25) is 0 Å². The maximum Gasteiger partial charge on any atom is 0.264 e. The molecule has 2 aromatic carbocycles. The molecule has 4 aromatic rings. The third-order valence-electron chi connectivity index (χ3n) is 3.91. The Hall–Kier alpha value is -2.86. The van der Waals surface area contributed by atoms with Crippen LogP contribution >= 0.6 is 0 Å². The van der Waals surface area contributed by atoms with Gasteiger partial charge in [-0.2, -0.15) is 0 Å². The fourth-order valence-electron chi connectivity index (χ4n) is 2.79. The van der Waals surface area contributed by atoms with E-state index in [1.165, 1.54) is 0 Å². The van der Waals surface area contributed by atoms with E-state index in [1.807, 2.05) is 37.4 Å². The third-order valence-corrected chi connectivity index (χ3v) is 5.32. The molecule has 0 atom stereocenters. The molecule has 4 rings (SSSR count). The number of sulfonamides is 1. The van der Waals surface area contributed by atoms with E-state index in [1.54, 1.807) is 30.5 Å². The second kappa shape index (κ2) is 5.35. The Morgan fingerprint density at radius 1 is 1.04 bits per heavy atom. The SMILES string of the molecule is Cc1cnc2c(S(=O)(=O)Nc3ccc4[nH]ccc4c3)cccc2c1. The van der Waals surface area contributed by atoms with Crippen molar-refractivity contribution in [1.29, 1.82) is 0 Å². The van der Waals surface area contributed by atoms with Gasteiger partial charge in [-0.1, -0.05) is 12.1 Å². The summed E-state index contributed by atoms with van der Waals surface area (Å²) in [5.74, 6) is 0. The van der Waals surface area contributed by atoms with Crippen molar-refractivity contribution in [1.82, 2.24) is 9.97 Å². The molecule has 0 unspecified atom stereocenters. The predicted octanol–water partition coefficient (Wildman–Crippen LogP) is 3.83. The lowest BCUT2D eigenvalue weighted by Gasteiger charge is -2.10. The van der Waals surface area contributed by atoms with E-state index in [0.717, 1.165) is 21.9 Å². The second-order valence-electron chi connectivity index (χ2n) is 5.73. The van der Waals surface area contributed by atoms with E-state index in [9.17, 15) is 8.42 Å². The Morgan fingerprint density at radius 2 is 1.92 bits per heavy atom. The molecule has 0 fully saturated rings. The minimum Gasteiger partial charge on any atom is -0.361 e. The van der Waals surface area contributed by atoms with Gasteiger partial charge in [-0.25, -0.2) is 8.42 Å². The van der Waals surface area contributed by atoms with Crippen LogP contribution in [-0.4, -0.2) is 18.4 Å². The largest absolute Gasteiger partial charge is 0.361 e. The minimum absolute atomic E-state index is 0.175. The number of rotatable bonds is 3. The lowest BCUT2D eigenvalue weighted by atomic mass is 10.2. The zero-order valence-electron chi connectivity index (χ0n) is 12.9. The third kappa shape index (κ3) is 2.51. The summed E-state index contributed by atoms with van der Waals surface area (Å²) in [6.07, 6.45) is 3.49. The Morgan fingerprint density at radius 3 is 2.79 bits per heavy atom. The zero-order chi connectivity index (χ0) is 16.7. The summed E-state index contributed by atoms with van der Waals surface area (Å²) in [4.78, 5) is 7.56. The normalized spacial score (nSPS) is 11.9. The standard InChI is InChI=1S/C18H15N3O2S/c1-12-9-14-3-2-4-17(18(14)20-11-12)24(22,23)21-15-5-6-16-13(10-15)7-8-19-16/h2-11,19,21H,1H3. The first kappa shape index (κ1) is 14.7. The number of hydrogen-bond donors (Lipinski definition) is 2. The highest BCUT2D eigenvalue weighted by molar-refractivity contribution is 7.93. The molecule has 24 heavy (non-hydrogen) atoms. The van der Waals surface area contributed by atoms with Crippen molar-refractivity contribution in [3.05, 3.63) is 66.5 Å². The molecular weight excluding hydrogens is 322 g/mol. The van der Waals surface area contributed by atoms with Gasteiger partial charge in [0.15, 0.2) is 0 Å². The van der Waals surface area contributed by atoms with Gasteiger partial charge < -0.3 is 4.98 Å². The lowest BCUT2D eigenvalue weighted by molar-refractivity contribution is 0.602. The molecule has 6 heteroatoms. The fourth-order valence-corrected chi connectivity index (χ4v) is 4.02. The highest BCUT2D eigenvalue weighted by atomic mass is 32.2. The van der Waals surface area contributed by atoms with Crippen LogP contribution in [-0.2, 0) is 10.0 Å². The molecule has 0 aliphatic carbocycles. The van der Waals surface area contributed by atoms with Gasteiger partial charge >= 0.3 is 0 Å². The first-order valence-electron chi connectivity index (χ1n) is 7.48. The van der Waals surface area contributed by atoms with Crippen molar-refractivity contribution in [3.8, 4) is 0 Å². The number of aryl methyl sites for hydroxylation is 1. The molecule has 120 valence electrons. The number of anilines is 1. The molecule has 0 radical (unpaired) electrons. The molecule has 2 N–H and O–H groups in total. The molecule has 5 nitrogen and oxygen atoms in total. The van der Waals surface area contributed by atoms with Gasteiger partial charge in [0.05, 0.1) is 5.52 Å². The zero-order valence-corrected chi connectivity index (χ0v) is 13.8. The topological polar surface area (TPSA) is 74.8 Å². The number of fused-ring (bicyclic) bond motifs is 2. The number of H-pyrrole nitrogens is 1. The molecule has 0 saturated carbocycles. The first-order chi connectivity index (χ1) is 11.5. The number of nitrogens with zero attached hydrogens (tertiary/aromatic N) is 1. The Balaban J connectivity index is 1.79. The molecule has 2 heterocycles. The van der Waals surface area contributed by atoms with E-state index >= 15 is 0 Å². The molecule has 0 amide bonds. The first-order valence-corrected chi connectivity index (χ1v) is 8.97. The van der Waals surface area contributed by atoms with Crippen molar-refractivity contribution in [2.24, 2.45) is 0 Å². The van der Waals surface area contributed by atoms with Crippen LogP contribution in [0.25, 0.3) is 21.8 Å². The van der Waals surface area contributed by atoms with Crippen molar-refractivity contribution in [2.45, 2.75) is 11.8 Å². The number of pyridine rings is 1. The smallest absolute Gasteiger partial charge is 0.264 e. The van der Waals surface area contributed by atoms with Crippen LogP contribution in [0.4, 0.5) is 5.69 Å². The van der Waals surface area contributed by atoms with E-state index in [-0.39, 0.29) is 4.90 Å². The molecule has 0 saturated heterocycles. The summed E-state index contributed by atoms with van der Waals surface area (Å²) in [5, 5.41) is 1.75. The molecule has 0 spiro atoms. The summed E-state index contributed by atoms with van der Waals surface area (Å²) in [6.45, 7) is 1.93. The van der Waals surface area contributed by atoms with Crippen LogP contribution in [0, 0.1) is 6.92 Å². The number of benzene rings is 2. The molecule has 2 aromatic heterocycles. The molecule has 0 aliphatic heterocycles. The summed E-state index contributed by atoms with van der Waals surface area (Å²) < 4.78 is 28.3. The van der Waals surface area contributed by atoms with Gasteiger partial charge in [-0.05, 0) is 48.9 Å². The average Bonchev–Trinajstić information content (AvgIpc) is 3.01. The van der Waals surface area contributed by atoms with Gasteiger partial charge in [0, 0.05) is 34.4 Å². The Bertz CT molecular complexity index is 1160. The minimum atomic E-state index is -3.73. The van der Waals surface area contributed by atoms with Crippen LogP contribution < -0.4 is 4.72 Å².